The van der Waals surface area contributed by atoms with Gasteiger partial charge in [-0.2, -0.15) is 5.10 Å². The lowest BCUT2D eigenvalue weighted by Crippen LogP contribution is -2.24. The first-order valence-corrected chi connectivity index (χ1v) is 9.32. The molecular formula is C19H13BrCl2N2O3. The number of hydrogen-bond donors (Lipinski definition) is 1. The van der Waals surface area contributed by atoms with Gasteiger partial charge in [0.05, 0.1) is 11.2 Å². The molecule has 0 saturated carbocycles. The molecule has 0 aliphatic carbocycles. The largest absolute Gasteiger partial charge is 0.482 e. The first-order valence-electron chi connectivity index (χ1n) is 7.77. The van der Waals surface area contributed by atoms with Gasteiger partial charge in [-0.3, -0.25) is 4.79 Å². The van der Waals surface area contributed by atoms with Gasteiger partial charge < -0.3 is 9.15 Å². The van der Waals surface area contributed by atoms with E-state index in [1.165, 1.54) is 12.3 Å². The molecule has 0 aliphatic heterocycles. The summed E-state index contributed by atoms with van der Waals surface area (Å²) in [7, 11) is 0. The number of rotatable bonds is 6. The van der Waals surface area contributed by atoms with Crippen molar-refractivity contribution in [3.05, 3.63) is 74.9 Å². The van der Waals surface area contributed by atoms with E-state index in [1.54, 1.807) is 18.2 Å². The third-order valence-electron chi connectivity index (χ3n) is 3.39. The maximum absolute atomic E-state index is 11.8. The molecule has 0 bridgehead atoms. The molecule has 27 heavy (non-hydrogen) atoms. The van der Waals surface area contributed by atoms with Crippen LogP contribution in [0.1, 0.15) is 5.76 Å². The Balaban J connectivity index is 1.51. The molecule has 5 nitrogen and oxygen atoms in total. The van der Waals surface area contributed by atoms with E-state index in [0.29, 0.717) is 27.3 Å². The van der Waals surface area contributed by atoms with Gasteiger partial charge in [0.2, 0.25) is 0 Å². The Morgan fingerprint density at radius 2 is 1.93 bits per heavy atom. The minimum Gasteiger partial charge on any atom is -0.482 e. The molecule has 0 spiro atoms. The lowest BCUT2D eigenvalue weighted by molar-refractivity contribution is -0.123. The van der Waals surface area contributed by atoms with Gasteiger partial charge in [0.25, 0.3) is 5.91 Å². The van der Waals surface area contributed by atoms with Crippen molar-refractivity contribution in [2.75, 3.05) is 6.61 Å². The number of ether oxygens (including phenoxy) is 1. The van der Waals surface area contributed by atoms with Crippen LogP contribution in [0, 0.1) is 0 Å². The minimum absolute atomic E-state index is 0.235. The van der Waals surface area contributed by atoms with Crippen molar-refractivity contribution in [2.24, 2.45) is 5.10 Å². The Labute approximate surface area is 174 Å². The molecule has 1 amide bonds. The van der Waals surface area contributed by atoms with E-state index in [2.05, 4.69) is 26.5 Å². The van der Waals surface area contributed by atoms with Crippen LogP contribution in [0.4, 0.5) is 0 Å². The second kappa shape index (κ2) is 9.08. The van der Waals surface area contributed by atoms with E-state index >= 15 is 0 Å². The van der Waals surface area contributed by atoms with Gasteiger partial charge in [0.15, 0.2) is 6.61 Å². The van der Waals surface area contributed by atoms with E-state index in [1.807, 2.05) is 30.3 Å². The molecule has 0 aliphatic rings. The summed E-state index contributed by atoms with van der Waals surface area (Å²) in [4.78, 5) is 11.8. The summed E-state index contributed by atoms with van der Waals surface area (Å²) in [6, 6.07) is 16.1. The molecular weight excluding hydrogens is 455 g/mol. The fourth-order valence-corrected chi connectivity index (χ4v) is 2.85. The van der Waals surface area contributed by atoms with Crippen LogP contribution in [0.15, 0.2) is 68.6 Å². The number of halogens is 3. The van der Waals surface area contributed by atoms with Gasteiger partial charge in [-0.1, -0.05) is 51.3 Å². The average Bonchev–Trinajstić information content (AvgIpc) is 3.10. The molecule has 3 rings (SSSR count). The monoisotopic (exact) mass is 466 g/mol. The number of carbonyl (C=O) groups excluding carboxylic acids is 1. The third kappa shape index (κ3) is 5.60. The Hall–Kier alpha value is -2.28. The van der Waals surface area contributed by atoms with Crippen molar-refractivity contribution >= 4 is 51.3 Å². The highest BCUT2D eigenvalue weighted by molar-refractivity contribution is 9.10. The second-order valence-corrected chi connectivity index (χ2v) is 7.12. The van der Waals surface area contributed by atoms with Crippen LogP contribution in [0.5, 0.6) is 5.75 Å². The van der Waals surface area contributed by atoms with Crippen molar-refractivity contribution in [3.8, 4) is 17.1 Å². The van der Waals surface area contributed by atoms with Crippen molar-refractivity contribution in [2.45, 2.75) is 0 Å². The average molecular weight is 468 g/mol. The lowest BCUT2D eigenvalue weighted by atomic mass is 10.2. The Morgan fingerprint density at radius 1 is 1.15 bits per heavy atom. The number of hydrogen-bond acceptors (Lipinski definition) is 4. The van der Waals surface area contributed by atoms with E-state index in [9.17, 15) is 4.79 Å². The number of nitrogens with zero attached hydrogens (tertiary/aromatic N) is 1. The molecule has 0 unspecified atom stereocenters. The second-order valence-electron chi connectivity index (χ2n) is 5.37. The number of benzene rings is 2. The number of amides is 1. The normalized spacial score (nSPS) is 10.9. The van der Waals surface area contributed by atoms with Crippen LogP contribution in [0.25, 0.3) is 11.3 Å². The topological polar surface area (TPSA) is 63.8 Å². The number of furan rings is 1. The quantitative estimate of drug-likeness (QED) is 0.382. The molecule has 1 N–H and O–H groups in total. The molecule has 1 heterocycles. The highest BCUT2D eigenvalue weighted by Gasteiger charge is 2.06. The van der Waals surface area contributed by atoms with E-state index < -0.39 is 5.91 Å². The lowest BCUT2D eigenvalue weighted by Gasteiger charge is -2.06. The van der Waals surface area contributed by atoms with Crippen molar-refractivity contribution < 1.29 is 13.9 Å². The standard InChI is InChI=1S/C19H13BrCl2N2O3/c20-13-3-1-12(2-4-13)17-8-6-15(27-17)10-23-24-19(25)11-26-18-7-5-14(21)9-16(18)22/h1-10H,11H2,(H,24,25). The van der Waals surface area contributed by atoms with Crippen LogP contribution in [0.3, 0.4) is 0 Å². The van der Waals surface area contributed by atoms with Crippen LogP contribution in [-0.4, -0.2) is 18.7 Å². The van der Waals surface area contributed by atoms with Crippen molar-refractivity contribution in [1.29, 1.82) is 0 Å². The first kappa shape index (κ1) is 19.5. The van der Waals surface area contributed by atoms with E-state index in [0.717, 1.165) is 10.0 Å². The molecule has 0 fully saturated rings. The fraction of sp³-hybridized carbons (Fsp3) is 0.0526. The van der Waals surface area contributed by atoms with Gasteiger partial charge in [0.1, 0.15) is 17.3 Å². The maximum Gasteiger partial charge on any atom is 0.277 e. The van der Waals surface area contributed by atoms with Gasteiger partial charge in [-0.05, 0) is 42.5 Å². The van der Waals surface area contributed by atoms with Crippen LogP contribution in [0.2, 0.25) is 10.0 Å². The van der Waals surface area contributed by atoms with Crippen LogP contribution >= 0.6 is 39.1 Å². The molecule has 0 saturated heterocycles. The molecule has 0 radical (unpaired) electrons. The third-order valence-corrected chi connectivity index (χ3v) is 4.45. The molecule has 8 heteroatoms. The van der Waals surface area contributed by atoms with Crippen molar-refractivity contribution in [1.82, 2.24) is 5.43 Å². The summed E-state index contributed by atoms with van der Waals surface area (Å²) in [5.41, 5.74) is 3.30. The Kier molecular flexibility index (Phi) is 6.55. The predicted molar refractivity (Wildman–Crippen MR) is 110 cm³/mol. The van der Waals surface area contributed by atoms with Crippen LogP contribution < -0.4 is 10.2 Å². The summed E-state index contributed by atoms with van der Waals surface area (Å²) < 4.78 is 12.0. The van der Waals surface area contributed by atoms with Crippen LogP contribution in [-0.2, 0) is 4.79 Å². The SMILES string of the molecule is O=C(COc1ccc(Cl)cc1Cl)NN=Cc1ccc(-c2ccc(Br)cc2)o1. The fourth-order valence-electron chi connectivity index (χ4n) is 2.13. The predicted octanol–water partition coefficient (Wildman–Crippen LogP) is 5.55. The number of nitrogens with one attached hydrogen (secondary N) is 1. The van der Waals surface area contributed by atoms with Gasteiger partial charge >= 0.3 is 0 Å². The smallest absolute Gasteiger partial charge is 0.277 e. The van der Waals surface area contributed by atoms with Gasteiger partial charge in [0, 0.05) is 15.1 Å². The molecule has 138 valence electrons. The molecule has 0 atom stereocenters. The van der Waals surface area contributed by atoms with Crippen molar-refractivity contribution in [3.63, 3.8) is 0 Å². The summed E-state index contributed by atoms with van der Waals surface area (Å²) >= 11 is 15.2. The highest BCUT2D eigenvalue weighted by Crippen LogP contribution is 2.27. The molecule has 2 aromatic carbocycles. The number of hydrazone groups is 1. The summed E-state index contributed by atoms with van der Waals surface area (Å²) in [5.74, 6) is 1.15. The number of carbonyl (C=O) groups is 1. The van der Waals surface area contributed by atoms with Gasteiger partial charge in [-0.25, -0.2) is 5.43 Å². The zero-order valence-corrected chi connectivity index (χ0v) is 16.9. The summed E-state index contributed by atoms with van der Waals surface area (Å²) in [6.07, 6.45) is 1.41. The molecule has 3 aromatic rings. The first-order chi connectivity index (χ1) is 13.0. The highest BCUT2D eigenvalue weighted by atomic mass is 79.9. The van der Waals surface area contributed by atoms with Gasteiger partial charge in [-0.15, -0.1) is 0 Å². The Bertz CT molecular complexity index is 971. The molecule has 1 aromatic heterocycles. The van der Waals surface area contributed by atoms with E-state index in [4.69, 9.17) is 32.4 Å². The minimum atomic E-state index is -0.433. The zero-order valence-electron chi connectivity index (χ0n) is 13.8. The van der Waals surface area contributed by atoms with E-state index in [-0.39, 0.29) is 6.61 Å². The zero-order chi connectivity index (χ0) is 19.2. The maximum atomic E-state index is 11.8. The summed E-state index contributed by atoms with van der Waals surface area (Å²) in [5, 5.41) is 4.67. The summed E-state index contributed by atoms with van der Waals surface area (Å²) in [6.45, 7) is -0.235. The Morgan fingerprint density at radius 3 is 2.67 bits per heavy atom.